The van der Waals surface area contributed by atoms with Gasteiger partial charge in [0.15, 0.2) is 0 Å². The van der Waals surface area contributed by atoms with Crippen molar-refractivity contribution in [1.29, 1.82) is 0 Å². The van der Waals surface area contributed by atoms with Gasteiger partial charge in [0.2, 0.25) is 27.8 Å². The minimum Gasteiger partial charge on any atom is -0.497 e. The summed E-state index contributed by atoms with van der Waals surface area (Å²) >= 11 is 0. The third-order valence-electron chi connectivity index (χ3n) is 5.37. The van der Waals surface area contributed by atoms with Crippen molar-refractivity contribution in [2.75, 3.05) is 35.7 Å². The molecule has 188 valence electrons. The third kappa shape index (κ3) is 5.96. The Hall–Kier alpha value is -4.03. The Morgan fingerprint density at radius 1 is 0.944 bits per heavy atom. The van der Waals surface area contributed by atoms with E-state index < -0.39 is 10.0 Å². The minimum absolute atomic E-state index is 0.0307. The van der Waals surface area contributed by atoms with Gasteiger partial charge in [0.25, 0.3) is 0 Å². The minimum atomic E-state index is -3.79. The second-order valence-corrected chi connectivity index (χ2v) is 9.78. The van der Waals surface area contributed by atoms with Crippen LogP contribution >= 0.6 is 0 Å². The van der Waals surface area contributed by atoms with Crippen LogP contribution in [0.25, 0.3) is 0 Å². The number of anilines is 4. The van der Waals surface area contributed by atoms with Crippen LogP contribution in [0.15, 0.2) is 59.5 Å². The summed E-state index contributed by atoms with van der Waals surface area (Å²) in [5, 5.41) is 6.22. The van der Waals surface area contributed by atoms with E-state index in [1.54, 1.807) is 13.2 Å². The molecule has 3 N–H and O–H groups in total. The predicted octanol–water partition coefficient (Wildman–Crippen LogP) is 2.58. The van der Waals surface area contributed by atoms with Gasteiger partial charge < -0.3 is 15.4 Å². The molecule has 1 aromatic heterocycles. The molecule has 0 bridgehead atoms. The number of ether oxygens (including phenoxy) is 1. The zero-order chi connectivity index (χ0) is 25.7. The van der Waals surface area contributed by atoms with Crippen molar-refractivity contribution in [3.63, 3.8) is 0 Å². The molecule has 4 rings (SSSR count). The normalized spacial score (nSPS) is 13.7. The maximum atomic E-state index is 12.6. The lowest BCUT2D eigenvalue weighted by atomic mass is 10.3. The molecule has 0 unspecified atom stereocenters. The van der Waals surface area contributed by atoms with E-state index in [0.29, 0.717) is 17.5 Å². The molecule has 1 aliphatic rings. The number of hydrogen-bond acceptors (Lipinski definition) is 9. The zero-order valence-electron chi connectivity index (χ0n) is 19.8. The smallest absolute Gasteiger partial charge is 0.240 e. The first-order chi connectivity index (χ1) is 17.2. The summed E-state index contributed by atoms with van der Waals surface area (Å²) < 4.78 is 32.9. The van der Waals surface area contributed by atoms with Crippen molar-refractivity contribution in [1.82, 2.24) is 14.7 Å². The van der Waals surface area contributed by atoms with Gasteiger partial charge in [0.05, 0.1) is 17.7 Å². The van der Waals surface area contributed by atoms with Crippen molar-refractivity contribution in [3.8, 4) is 5.75 Å². The summed E-state index contributed by atoms with van der Waals surface area (Å²) in [5.74, 6) is 1.11. The Bertz CT molecular complexity index is 1340. The van der Waals surface area contributed by atoms with Crippen LogP contribution in [0.4, 0.5) is 23.1 Å². The first kappa shape index (κ1) is 25.1. The Balaban J connectivity index is 1.32. The fourth-order valence-corrected chi connectivity index (χ4v) is 4.65. The highest BCUT2D eigenvalue weighted by Gasteiger charge is 2.30. The topological polar surface area (TPSA) is 143 Å². The molecule has 2 heterocycles. The summed E-state index contributed by atoms with van der Waals surface area (Å²) in [7, 11) is -2.18. The second kappa shape index (κ2) is 10.7. The van der Waals surface area contributed by atoms with Gasteiger partial charge in [-0.15, -0.1) is 0 Å². The number of methoxy groups -OCH3 is 1. The van der Waals surface area contributed by atoms with Crippen LogP contribution in [0.2, 0.25) is 0 Å². The van der Waals surface area contributed by atoms with E-state index >= 15 is 0 Å². The van der Waals surface area contributed by atoms with E-state index in [-0.39, 0.29) is 42.6 Å². The SMILES string of the molecule is COc1ccc(Nc2cc(C)nc(NCCNS(=O)(=O)c3ccc(N4C(=O)CCC4=O)cc3)n2)cc1. The van der Waals surface area contributed by atoms with Crippen LogP contribution in [0, 0.1) is 6.92 Å². The molecule has 36 heavy (non-hydrogen) atoms. The van der Waals surface area contributed by atoms with Crippen LogP contribution in [-0.2, 0) is 19.6 Å². The van der Waals surface area contributed by atoms with Crippen LogP contribution in [-0.4, -0.2) is 50.4 Å². The highest BCUT2D eigenvalue weighted by molar-refractivity contribution is 7.89. The number of amides is 2. The van der Waals surface area contributed by atoms with Crippen molar-refractivity contribution in [3.05, 3.63) is 60.3 Å². The Morgan fingerprint density at radius 2 is 1.61 bits per heavy atom. The number of carbonyl (C=O) groups excluding carboxylic acids is 2. The second-order valence-electron chi connectivity index (χ2n) is 8.01. The van der Waals surface area contributed by atoms with Gasteiger partial charge in [-0.2, -0.15) is 4.98 Å². The first-order valence-corrected chi connectivity index (χ1v) is 12.7. The number of aryl methyl sites for hydroxylation is 1. The van der Waals surface area contributed by atoms with E-state index in [1.807, 2.05) is 31.2 Å². The van der Waals surface area contributed by atoms with Gasteiger partial charge in [-0.1, -0.05) is 0 Å². The number of rotatable bonds is 10. The van der Waals surface area contributed by atoms with E-state index in [1.165, 1.54) is 24.3 Å². The van der Waals surface area contributed by atoms with Gasteiger partial charge in [0, 0.05) is 43.4 Å². The third-order valence-corrected chi connectivity index (χ3v) is 6.85. The average molecular weight is 511 g/mol. The maximum Gasteiger partial charge on any atom is 0.240 e. The van der Waals surface area contributed by atoms with Crippen molar-refractivity contribution in [2.24, 2.45) is 0 Å². The van der Waals surface area contributed by atoms with Crippen molar-refractivity contribution < 1.29 is 22.7 Å². The van der Waals surface area contributed by atoms with Gasteiger partial charge in [0.1, 0.15) is 11.6 Å². The van der Waals surface area contributed by atoms with Gasteiger partial charge in [-0.25, -0.2) is 18.1 Å². The fraction of sp³-hybridized carbons (Fsp3) is 0.250. The number of sulfonamides is 1. The molecule has 0 saturated carbocycles. The molecule has 12 heteroatoms. The molecule has 0 spiro atoms. The largest absolute Gasteiger partial charge is 0.497 e. The van der Waals surface area contributed by atoms with Crippen LogP contribution in [0.1, 0.15) is 18.5 Å². The summed E-state index contributed by atoms with van der Waals surface area (Å²) in [4.78, 5) is 33.6. The molecule has 1 fully saturated rings. The average Bonchev–Trinajstić information content (AvgIpc) is 3.20. The molecule has 0 aliphatic carbocycles. The van der Waals surface area contributed by atoms with E-state index in [0.717, 1.165) is 22.0 Å². The van der Waals surface area contributed by atoms with Crippen molar-refractivity contribution in [2.45, 2.75) is 24.7 Å². The number of imide groups is 1. The van der Waals surface area contributed by atoms with Crippen LogP contribution in [0.3, 0.4) is 0 Å². The molecular weight excluding hydrogens is 484 g/mol. The Kier molecular flexibility index (Phi) is 7.46. The van der Waals surface area contributed by atoms with E-state index in [2.05, 4.69) is 25.3 Å². The Morgan fingerprint density at radius 3 is 2.25 bits per heavy atom. The molecule has 1 saturated heterocycles. The predicted molar refractivity (Wildman–Crippen MR) is 135 cm³/mol. The summed E-state index contributed by atoms with van der Waals surface area (Å²) in [6.45, 7) is 2.17. The number of carbonyl (C=O) groups is 2. The molecular formula is C24H26N6O5S. The monoisotopic (exact) mass is 510 g/mol. The zero-order valence-corrected chi connectivity index (χ0v) is 20.6. The number of hydrogen-bond donors (Lipinski definition) is 3. The number of benzene rings is 2. The van der Waals surface area contributed by atoms with Crippen LogP contribution in [0.5, 0.6) is 5.75 Å². The summed E-state index contributed by atoms with van der Waals surface area (Å²) in [6.07, 6.45) is 0.328. The van der Waals surface area contributed by atoms with Gasteiger partial charge in [-0.3, -0.25) is 14.5 Å². The quantitative estimate of drug-likeness (QED) is 0.277. The standard InChI is InChI=1S/C24H26N6O5S/c1-16-15-21(28-17-3-7-19(35-2)8-4-17)29-24(27-16)25-13-14-26-36(33,34)20-9-5-18(6-10-20)30-22(31)11-12-23(30)32/h3-10,15,26H,11-14H2,1-2H3,(H2,25,27,28,29). The Labute approximate surface area is 209 Å². The number of nitrogens with zero attached hydrogens (tertiary/aromatic N) is 3. The molecule has 0 atom stereocenters. The number of aromatic nitrogens is 2. The fourth-order valence-electron chi connectivity index (χ4n) is 3.62. The molecule has 3 aromatic rings. The lowest BCUT2D eigenvalue weighted by Crippen LogP contribution is -2.30. The van der Waals surface area contributed by atoms with Gasteiger partial charge >= 0.3 is 0 Å². The molecule has 1 aliphatic heterocycles. The lowest BCUT2D eigenvalue weighted by Gasteiger charge is -2.14. The summed E-state index contributed by atoms with van der Waals surface area (Å²) in [5.41, 5.74) is 1.93. The van der Waals surface area contributed by atoms with E-state index in [9.17, 15) is 18.0 Å². The van der Waals surface area contributed by atoms with Crippen LogP contribution < -0.4 is 25.0 Å². The lowest BCUT2D eigenvalue weighted by molar-refractivity contribution is -0.121. The molecule has 2 aromatic carbocycles. The highest BCUT2D eigenvalue weighted by Crippen LogP contribution is 2.24. The maximum absolute atomic E-state index is 12.6. The molecule has 11 nitrogen and oxygen atoms in total. The first-order valence-electron chi connectivity index (χ1n) is 11.2. The molecule has 0 radical (unpaired) electrons. The number of nitrogens with one attached hydrogen (secondary N) is 3. The molecule has 2 amide bonds. The highest BCUT2D eigenvalue weighted by atomic mass is 32.2. The van der Waals surface area contributed by atoms with Crippen molar-refractivity contribution >= 4 is 45.0 Å². The van der Waals surface area contributed by atoms with Gasteiger partial charge in [-0.05, 0) is 55.5 Å². The summed E-state index contributed by atoms with van der Waals surface area (Å²) in [6, 6.07) is 14.8. The van der Waals surface area contributed by atoms with E-state index in [4.69, 9.17) is 4.74 Å².